The largest absolute Gasteiger partial charge is 0.478 e. The Balaban J connectivity index is 2.34. The topological polar surface area (TPSA) is 86.7 Å². The van der Waals surface area contributed by atoms with Crippen LogP contribution in [0.4, 0.5) is 0 Å². The number of carboxylic acids is 1. The standard InChI is InChI=1S/C17H18Cl2N2O4S/c1-9-13(17(22)23)14(10-4-3-5-11(18)15(10)19)16-12(20-9)8-21(2)6-7-26(16,24)25/h3-5,14,20H,6-8H2,1-2H3,(H,22,23). The molecule has 1 aromatic rings. The van der Waals surface area contributed by atoms with E-state index in [4.69, 9.17) is 23.2 Å². The molecule has 0 aromatic heterocycles. The first-order chi connectivity index (χ1) is 12.1. The summed E-state index contributed by atoms with van der Waals surface area (Å²) >= 11 is 12.5. The van der Waals surface area contributed by atoms with Crippen molar-refractivity contribution in [3.63, 3.8) is 0 Å². The molecule has 0 amide bonds. The summed E-state index contributed by atoms with van der Waals surface area (Å²) in [4.78, 5) is 13.9. The second-order valence-corrected chi connectivity index (χ2v) is 9.31. The van der Waals surface area contributed by atoms with Gasteiger partial charge in [-0.1, -0.05) is 35.3 Å². The lowest BCUT2D eigenvalue weighted by Crippen LogP contribution is -2.34. The van der Waals surface area contributed by atoms with Gasteiger partial charge in [0, 0.05) is 24.5 Å². The van der Waals surface area contributed by atoms with Crippen LogP contribution in [-0.4, -0.2) is 50.3 Å². The van der Waals surface area contributed by atoms with Crippen molar-refractivity contribution >= 4 is 39.0 Å². The van der Waals surface area contributed by atoms with Crippen LogP contribution in [0.1, 0.15) is 18.4 Å². The third-order valence-electron chi connectivity index (χ3n) is 4.62. The van der Waals surface area contributed by atoms with Gasteiger partial charge in [-0.3, -0.25) is 4.90 Å². The van der Waals surface area contributed by atoms with Crippen molar-refractivity contribution in [1.29, 1.82) is 0 Å². The average molecular weight is 417 g/mol. The van der Waals surface area contributed by atoms with Crippen molar-refractivity contribution < 1.29 is 18.3 Å². The number of likely N-dealkylation sites (N-methyl/N-ethyl adjacent to an activating group) is 1. The summed E-state index contributed by atoms with van der Waals surface area (Å²) in [5, 5.41) is 13.2. The molecule has 2 N–H and O–H groups in total. The Kier molecular flexibility index (Phi) is 5.09. The van der Waals surface area contributed by atoms with E-state index < -0.39 is 21.7 Å². The van der Waals surface area contributed by atoms with E-state index in [1.807, 2.05) is 11.9 Å². The van der Waals surface area contributed by atoms with Crippen LogP contribution in [0, 0.1) is 0 Å². The summed E-state index contributed by atoms with van der Waals surface area (Å²) in [6.07, 6.45) is 0. The van der Waals surface area contributed by atoms with Crippen LogP contribution >= 0.6 is 23.2 Å². The number of sulfone groups is 1. The number of aliphatic carboxylic acids is 1. The van der Waals surface area contributed by atoms with E-state index in [1.165, 1.54) is 0 Å². The summed E-state index contributed by atoms with van der Waals surface area (Å²) in [7, 11) is -1.87. The number of carbonyl (C=O) groups is 1. The highest BCUT2D eigenvalue weighted by molar-refractivity contribution is 7.95. The first-order valence-corrected chi connectivity index (χ1v) is 10.3. The molecule has 140 valence electrons. The van der Waals surface area contributed by atoms with Crippen molar-refractivity contribution in [2.75, 3.05) is 25.9 Å². The Hall–Kier alpha value is -1.54. The molecule has 0 radical (unpaired) electrons. The fraction of sp³-hybridized carbons (Fsp3) is 0.353. The van der Waals surface area contributed by atoms with Crippen LogP contribution in [-0.2, 0) is 14.6 Å². The molecule has 0 bridgehead atoms. The highest BCUT2D eigenvalue weighted by Crippen LogP contribution is 2.45. The number of allylic oxidation sites excluding steroid dienone is 2. The molecule has 0 fully saturated rings. The van der Waals surface area contributed by atoms with Gasteiger partial charge in [-0.15, -0.1) is 0 Å². The molecule has 1 unspecified atom stereocenters. The van der Waals surface area contributed by atoms with Crippen LogP contribution < -0.4 is 5.32 Å². The predicted octanol–water partition coefficient (Wildman–Crippen LogP) is 2.61. The number of hydrogen-bond acceptors (Lipinski definition) is 5. The van der Waals surface area contributed by atoms with Gasteiger partial charge in [0.25, 0.3) is 0 Å². The first kappa shape index (κ1) is 19.2. The zero-order valence-corrected chi connectivity index (χ0v) is 16.5. The second-order valence-electron chi connectivity index (χ2n) is 6.44. The van der Waals surface area contributed by atoms with Gasteiger partial charge >= 0.3 is 5.97 Å². The van der Waals surface area contributed by atoms with Crippen molar-refractivity contribution in [2.45, 2.75) is 12.8 Å². The van der Waals surface area contributed by atoms with Crippen LogP contribution in [0.2, 0.25) is 10.0 Å². The quantitative estimate of drug-likeness (QED) is 0.770. The van der Waals surface area contributed by atoms with Gasteiger partial charge in [0.2, 0.25) is 0 Å². The maximum Gasteiger partial charge on any atom is 0.334 e. The van der Waals surface area contributed by atoms with E-state index in [1.54, 1.807) is 25.1 Å². The second kappa shape index (κ2) is 6.88. The lowest BCUT2D eigenvalue weighted by atomic mass is 9.86. The molecule has 1 atom stereocenters. The Morgan fingerprint density at radius 3 is 2.69 bits per heavy atom. The number of carboxylic acid groups (broad SMARTS) is 1. The zero-order valence-electron chi connectivity index (χ0n) is 14.2. The molecule has 2 aliphatic heterocycles. The van der Waals surface area contributed by atoms with Crippen molar-refractivity contribution in [2.24, 2.45) is 0 Å². The molecule has 1 aromatic carbocycles. The molecule has 0 aliphatic carbocycles. The molecular formula is C17H18Cl2N2O4S. The van der Waals surface area contributed by atoms with E-state index in [2.05, 4.69) is 5.32 Å². The normalized spacial score (nSPS) is 23.3. The highest BCUT2D eigenvalue weighted by atomic mass is 35.5. The van der Waals surface area contributed by atoms with Crippen LogP contribution in [0.5, 0.6) is 0 Å². The Labute approximate surface area is 162 Å². The van der Waals surface area contributed by atoms with E-state index in [-0.39, 0.29) is 26.3 Å². The summed E-state index contributed by atoms with van der Waals surface area (Å²) < 4.78 is 26.0. The van der Waals surface area contributed by atoms with Gasteiger partial charge < -0.3 is 10.4 Å². The van der Waals surface area contributed by atoms with Gasteiger partial charge in [-0.2, -0.15) is 0 Å². The Morgan fingerprint density at radius 2 is 2.04 bits per heavy atom. The van der Waals surface area contributed by atoms with Gasteiger partial charge in [-0.25, -0.2) is 13.2 Å². The van der Waals surface area contributed by atoms with Crippen LogP contribution in [0.3, 0.4) is 0 Å². The van der Waals surface area contributed by atoms with Gasteiger partial charge in [0.05, 0.1) is 32.2 Å². The fourth-order valence-corrected chi connectivity index (χ4v) is 5.70. The number of nitrogens with one attached hydrogen (secondary N) is 1. The minimum absolute atomic E-state index is 0.0407. The summed E-state index contributed by atoms with van der Waals surface area (Å²) in [6, 6.07) is 4.83. The minimum atomic E-state index is -3.69. The third-order valence-corrected chi connectivity index (χ3v) is 7.32. The van der Waals surface area contributed by atoms with E-state index >= 15 is 0 Å². The number of halogens is 2. The number of rotatable bonds is 2. The molecular weight excluding hydrogens is 399 g/mol. The van der Waals surface area contributed by atoms with E-state index in [0.717, 1.165) is 0 Å². The average Bonchev–Trinajstić information content (AvgIpc) is 2.65. The van der Waals surface area contributed by atoms with Gasteiger partial charge in [-0.05, 0) is 25.6 Å². The monoisotopic (exact) mass is 416 g/mol. The van der Waals surface area contributed by atoms with Crippen molar-refractivity contribution in [1.82, 2.24) is 10.2 Å². The molecule has 6 nitrogen and oxygen atoms in total. The lowest BCUT2D eigenvalue weighted by molar-refractivity contribution is -0.133. The van der Waals surface area contributed by atoms with E-state index in [9.17, 15) is 18.3 Å². The summed E-state index contributed by atoms with van der Waals surface area (Å²) in [5.41, 5.74) is 1.20. The molecule has 2 heterocycles. The molecule has 3 rings (SSSR count). The molecule has 0 spiro atoms. The molecule has 2 aliphatic rings. The van der Waals surface area contributed by atoms with Crippen LogP contribution in [0.15, 0.2) is 40.1 Å². The molecule has 9 heteroatoms. The maximum absolute atomic E-state index is 13.0. The lowest BCUT2D eigenvalue weighted by Gasteiger charge is -2.31. The Bertz CT molecular complexity index is 954. The van der Waals surface area contributed by atoms with Crippen molar-refractivity contribution in [3.8, 4) is 0 Å². The third kappa shape index (κ3) is 3.24. The van der Waals surface area contributed by atoms with Gasteiger partial charge in [0.15, 0.2) is 9.84 Å². The van der Waals surface area contributed by atoms with Crippen molar-refractivity contribution in [3.05, 3.63) is 55.7 Å². The minimum Gasteiger partial charge on any atom is -0.478 e. The number of nitrogens with zero attached hydrogens (tertiary/aromatic N) is 1. The fourth-order valence-electron chi connectivity index (χ4n) is 3.42. The molecule has 0 saturated heterocycles. The SMILES string of the molecule is CC1=C(C(=O)O)C(c2cccc(Cl)c2Cl)C2=C(CN(C)CCS2(=O)=O)N1. The Morgan fingerprint density at radius 1 is 1.35 bits per heavy atom. The number of dihydropyridines is 1. The molecule has 0 saturated carbocycles. The zero-order chi connectivity index (χ0) is 19.2. The predicted molar refractivity (Wildman–Crippen MR) is 101 cm³/mol. The number of hydrogen-bond donors (Lipinski definition) is 2. The molecule has 26 heavy (non-hydrogen) atoms. The van der Waals surface area contributed by atoms with Gasteiger partial charge in [0.1, 0.15) is 0 Å². The number of benzene rings is 1. The van der Waals surface area contributed by atoms with E-state index in [0.29, 0.717) is 30.0 Å². The smallest absolute Gasteiger partial charge is 0.334 e. The summed E-state index contributed by atoms with van der Waals surface area (Å²) in [5.74, 6) is -2.30. The highest BCUT2D eigenvalue weighted by Gasteiger charge is 2.42. The summed E-state index contributed by atoms with van der Waals surface area (Å²) in [6.45, 7) is 2.35. The van der Waals surface area contributed by atoms with Crippen LogP contribution in [0.25, 0.3) is 0 Å². The maximum atomic E-state index is 13.0. The first-order valence-electron chi connectivity index (χ1n) is 7.93.